The number of aryl methyl sites for hydroxylation is 1. The Labute approximate surface area is 203 Å². The molecule has 0 spiro atoms. The molecule has 1 fully saturated rings. The van der Waals surface area contributed by atoms with E-state index in [0.717, 1.165) is 21.2 Å². The quantitative estimate of drug-likeness (QED) is 0.512. The Bertz CT molecular complexity index is 1460. The zero-order chi connectivity index (χ0) is 24.7. The summed E-state index contributed by atoms with van der Waals surface area (Å²) < 4.78 is 27.7. The number of fused-ring (bicyclic) bond motifs is 2. The average molecular weight is 492 g/mol. The van der Waals surface area contributed by atoms with E-state index < -0.39 is 10.0 Å². The van der Waals surface area contributed by atoms with Gasteiger partial charge in [-0.3, -0.25) is 19.3 Å². The van der Waals surface area contributed by atoms with Crippen LogP contribution in [0.3, 0.4) is 0 Å². The summed E-state index contributed by atoms with van der Waals surface area (Å²) in [6, 6.07) is 17.8. The summed E-state index contributed by atoms with van der Waals surface area (Å²) in [5.41, 5.74) is 1.62. The van der Waals surface area contributed by atoms with Crippen LogP contribution < -0.4 is 0 Å². The molecule has 0 atom stereocenters. The highest BCUT2D eigenvalue weighted by atomic mass is 32.2. The molecule has 180 valence electrons. The topological polar surface area (TPSA) is 95.1 Å². The summed E-state index contributed by atoms with van der Waals surface area (Å²) in [6.45, 7) is 2.74. The molecule has 0 aromatic heterocycles. The van der Waals surface area contributed by atoms with E-state index in [4.69, 9.17) is 0 Å². The van der Waals surface area contributed by atoms with Gasteiger partial charge in [0.25, 0.3) is 11.8 Å². The van der Waals surface area contributed by atoms with Gasteiger partial charge in [0.15, 0.2) is 0 Å². The molecular weight excluding hydrogens is 466 g/mol. The Balaban J connectivity index is 1.19. The minimum atomic E-state index is -3.68. The van der Waals surface area contributed by atoms with Crippen LogP contribution in [0.2, 0.25) is 0 Å². The number of rotatable bonds is 5. The average Bonchev–Trinajstić information content (AvgIpc) is 3.10. The molecule has 0 aliphatic carbocycles. The second kappa shape index (κ2) is 8.90. The summed E-state index contributed by atoms with van der Waals surface area (Å²) in [5, 5.41) is 1.82. The van der Waals surface area contributed by atoms with Crippen LogP contribution in [0.1, 0.15) is 32.7 Å². The van der Waals surface area contributed by atoms with E-state index in [9.17, 15) is 22.8 Å². The normalized spacial score (nSPS) is 16.7. The lowest BCUT2D eigenvalue weighted by atomic mass is 10.1. The van der Waals surface area contributed by atoms with Crippen molar-refractivity contribution in [1.29, 1.82) is 0 Å². The molecule has 3 aromatic carbocycles. The minimum Gasteiger partial charge on any atom is -0.340 e. The van der Waals surface area contributed by atoms with Gasteiger partial charge in [0.05, 0.1) is 16.0 Å². The Kier molecular flexibility index (Phi) is 5.90. The first-order chi connectivity index (χ1) is 16.8. The van der Waals surface area contributed by atoms with Gasteiger partial charge in [-0.05, 0) is 42.0 Å². The standard InChI is InChI=1S/C26H25N3O5S/c1-18-6-9-22-23(16-18)26(32)29(25(22)31)11-10-24(30)27-12-14-28(15-13-27)35(33,34)21-8-7-19-4-2-3-5-20(19)17-21/h2-9,16-17H,10-15H2,1H3. The van der Waals surface area contributed by atoms with Gasteiger partial charge in [-0.15, -0.1) is 0 Å². The van der Waals surface area contributed by atoms with E-state index in [1.165, 1.54) is 4.31 Å². The first-order valence-corrected chi connectivity index (χ1v) is 12.9. The van der Waals surface area contributed by atoms with E-state index >= 15 is 0 Å². The molecule has 5 rings (SSSR count). The zero-order valence-electron chi connectivity index (χ0n) is 19.3. The number of imide groups is 1. The van der Waals surface area contributed by atoms with Crippen molar-refractivity contribution in [2.45, 2.75) is 18.2 Å². The first-order valence-electron chi connectivity index (χ1n) is 11.5. The third-order valence-electron chi connectivity index (χ3n) is 6.63. The molecule has 1 saturated heterocycles. The van der Waals surface area contributed by atoms with Crippen LogP contribution in [0.4, 0.5) is 0 Å². The van der Waals surface area contributed by atoms with E-state index in [2.05, 4.69) is 0 Å². The van der Waals surface area contributed by atoms with Crippen molar-refractivity contribution in [3.8, 4) is 0 Å². The van der Waals surface area contributed by atoms with Crippen molar-refractivity contribution in [3.63, 3.8) is 0 Å². The lowest BCUT2D eigenvalue weighted by Gasteiger charge is -2.34. The number of sulfonamides is 1. The molecule has 2 heterocycles. The van der Waals surface area contributed by atoms with E-state index in [1.54, 1.807) is 41.3 Å². The van der Waals surface area contributed by atoms with Gasteiger partial charge in [-0.25, -0.2) is 8.42 Å². The fourth-order valence-electron chi connectivity index (χ4n) is 4.63. The smallest absolute Gasteiger partial charge is 0.261 e. The fourth-order valence-corrected chi connectivity index (χ4v) is 6.09. The second-order valence-electron chi connectivity index (χ2n) is 8.85. The van der Waals surface area contributed by atoms with Crippen LogP contribution in [-0.4, -0.2) is 73.0 Å². The Morgan fingerprint density at radius 3 is 2.26 bits per heavy atom. The number of hydrogen-bond donors (Lipinski definition) is 0. The van der Waals surface area contributed by atoms with Gasteiger partial charge in [0, 0.05) is 39.1 Å². The van der Waals surface area contributed by atoms with E-state index in [-0.39, 0.29) is 61.8 Å². The maximum atomic E-state index is 13.2. The molecule has 2 aliphatic heterocycles. The van der Waals surface area contributed by atoms with E-state index in [0.29, 0.717) is 11.1 Å². The van der Waals surface area contributed by atoms with Crippen LogP contribution in [0.5, 0.6) is 0 Å². The molecule has 0 radical (unpaired) electrons. The molecular formula is C26H25N3O5S. The van der Waals surface area contributed by atoms with Crippen LogP contribution in [0, 0.1) is 6.92 Å². The summed E-state index contributed by atoms with van der Waals surface area (Å²) in [5.74, 6) is -0.975. The molecule has 3 amide bonds. The predicted octanol–water partition coefficient (Wildman–Crippen LogP) is 2.67. The maximum Gasteiger partial charge on any atom is 0.261 e. The summed E-state index contributed by atoms with van der Waals surface area (Å²) in [4.78, 5) is 40.9. The van der Waals surface area contributed by atoms with Gasteiger partial charge >= 0.3 is 0 Å². The zero-order valence-corrected chi connectivity index (χ0v) is 20.1. The van der Waals surface area contributed by atoms with Crippen LogP contribution in [0.25, 0.3) is 10.8 Å². The highest BCUT2D eigenvalue weighted by Gasteiger charge is 2.36. The van der Waals surface area contributed by atoms with Crippen molar-refractivity contribution in [2.24, 2.45) is 0 Å². The molecule has 0 N–H and O–H groups in total. The largest absolute Gasteiger partial charge is 0.340 e. The Hall–Kier alpha value is -3.56. The Morgan fingerprint density at radius 1 is 0.829 bits per heavy atom. The van der Waals surface area contributed by atoms with Crippen molar-refractivity contribution in [2.75, 3.05) is 32.7 Å². The molecule has 2 aliphatic rings. The monoisotopic (exact) mass is 491 g/mol. The molecule has 9 heteroatoms. The number of amides is 3. The molecule has 0 saturated carbocycles. The Morgan fingerprint density at radius 2 is 1.51 bits per heavy atom. The molecule has 0 unspecified atom stereocenters. The first kappa shape index (κ1) is 23.2. The minimum absolute atomic E-state index is 0.000169. The lowest BCUT2D eigenvalue weighted by Crippen LogP contribution is -2.51. The van der Waals surface area contributed by atoms with Gasteiger partial charge < -0.3 is 4.90 Å². The van der Waals surface area contributed by atoms with Gasteiger partial charge in [-0.2, -0.15) is 4.31 Å². The molecule has 0 bridgehead atoms. The third kappa shape index (κ3) is 4.21. The summed E-state index contributed by atoms with van der Waals surface area (Å²) in [7, 11) is -3.68. The lowest BCUT2D eigenvalue weighted by molar-refractivity contribution is -0.132. The van der Waals surface area contributed by atoms with Crippen molar-refractivity contribution in [1.82, 2.24) is 14.1 Å². The number of piperazine rings is 1. The number of carbonyl (C=O) groups is 3. The van der Waals surface area contributed by atoms with Crippen LogP contribution >= 0.6 is 0 Å². The predicted molar refractivity (Wildman–Crippen MR) is 130 cm³/mol. The highest BCUT2D eigenvalue weighted by molar-refractivity contribution is 7.89. The highest BCUT2D eigenvalue weighted by Crippen LogP contribution is 2.25. The van der Waals surface area contributed by atoms with Gasteiger partial charge in [0.1, 0.15) is 0 Å². The van der Waals surface area contributed by atoms with Crippen LogP contribution in [-0.2, 0) is 14.8 Å². The van der Waals surface area contributed by atoms with E-state index in [1.807, 2.05) is 31.2 Å². The number of hydrogen-bond acceptors (Lipinski definition) is 5. The van der Waals surface area contributed by atoms with Gasteiger partial charge in [-0.1, -0.05) is 42.0 Å². The SMILES string of the molecule is Cc1ccc2c(c1)C(=O)N(CCC(=O)N1CCN(S(=O)(=O)c3ccc4ccccc4c3)CC1)C2=O. The number of benzene rings is 3. The second-order valence-corrected chi connectivity index (χ2v) is 10.8. The number of nitrogens with zero attached hydrogens (tertiary/aromatic N) is 3. The van der Waals surface area contributed by atoms with Gasteiger partial charge in [0.2, 0.25) is 15.9 Å². The van der Waals surface area contributed by atoms with Crippen LogP contribution in [0.15, 0.2) is 65.6 Å². The number of carbonyl (C=O) groups excluding carboxylic acids is 3. The third-order valence-corrected chi connectivity index (χ3v) is 8.52. The summed E-state index contributed by atoms with van der Waals surface area (Å²) in [6.07, 6.45) is 0.00186. The maximum absolute atomic E-state index is 13.2. The molecule has 8 nitrogen and oxygen atoms in total. The summed E-state index contributed by atoms with van der Waals surface area (Å²) >= 11 is 0. The van der Waals surface area contributed by atoms with Crippen molar-refractivity contribution in [3.05, 3.63) is 77.4 Å². The van der Waals surface area contributed by atoms with Crippen molar-refractivity contribution < 1.29 is 22.8 Å². The van der Waals surface area contributed by atoms with Crippen molar-refractivity contribution >= 4 is 38.5 Å². The fraction of sp³-hybridized carbons (Fsp3) is 0.269. The molecule has 3 aromatic rings. The molecule has 35 heavy (non-hydrogen) atoms.